The molecule has 5 rings (SSSR count). The van der Waals surface area contributed by atoms with Gasteiger partial charge >= 0.3 is 0 Å². The maximum Gasteiger partial charge on any atom is 0.297 e. The molecule has 0 bridgehead atoms. The van der Waals surface area contributed by atoms with E-state index < -0.39 is 15.4 Å². The van der Waals surface area contributed by atoms with Crippen LogP contribution in [0.3, 0.4) is 0 Å². The molecule has 1 aromatic carbocycles. The summed E-state index contributed by atoms with van der Waals surface area (Å²) in [5, 5.41) is 0.756. The minimum absolute atomic E-state index is 0.00496. The molecule has 0 spiro atoms. The molecule has 1 aliphatic carbocycles. The van der Waals surface area contributed by atoms with Crippen molar-refractivity contribution in [3.8, 4) is 0 Å². The molecule has 2 aliphatic rings. The summed E-state index contributed by atoms with van der Waals surface area (Å²) in [5.41, 5.74) is 0.774. The van der Waals surface area contributed by atoms with Crippen LogP contribution in [0.5, 0.6) is 0 Å². The summed E-state index contributed by atoms with van der Waals surface area (Å²) in [5.74, 6) is -0.116. The number of rotatable bonds is 4. The average molecular weight is 429 g/mol. The summed E-state index contributed by atoms with van der Waals surface area (Å²) in [6.07, 6.45) is 5.64. The lowest BCUT2D eigenvalue weighted by molar-refractivity contribution is -0.136. The highest BCUT2D eigenvalue weighted by molar-refractivity contribution is 7.91. The first-order valence-electron chi connectivity index (χ1n) is 10.3. The molecule has 30 heavy (non-hydrogen) atoms. The predicted molar refractivity (Wildman–Crippen MR) is 112 cm³/mol. The summed E-state index contributed by atoms with van der Waals surface area (Å²) < 4.78 is 31.0. The molecule has 9 heteroatoms. The van der Waals surface area contributed by atoms with Gasteiger partial charge in [0.25, 0.3) is 5.56 Å². The average Bonchev–Trinajstić information content (AvgIpc) is 3.44. The quantitative estimate of drug-likeness (QED) is 0.629. The van der Waals surface area contributed by atoms with Gasteiger partial charge in [0.15, 0.2) is 9.84 Å². The van der Waals surface area contributed by atoms with E-state index in [0.717, 1.165) is 31.1 Å². The molecule has 0 radical (unpaired) electrons. The van der Waals surface area contributed by atoms with Gasteiger partial charge in [-0.05, 0) is 31.4 Å². The summed E-state index contributed by atoms with van der Waals surface area (Å²) >= 11 is 0. The number of aromatic nitrogens is 2. The van der Waals surface area contributed by atoms with Gasteiger partial charge < -0.3 is 9.32 Å². The number of furan rings is 1. The molecule has 3 heterocycles. The van der Waals surface area contributed by atoms with Gasteiger partial charge in [-0.2, -0.15) is 0 Å². The Hall–Kier alpha value is -2.68. The first kappa shape index (κ1) is 19.3. The lowest BCUT2D eigenvalue weighted by Gasteiger charge is -2.34. The normalized spacial score (nSPS) is 21.5. The molecule has 8 nitrogen and oxygen atoms in total. The Morgan fingerprint density at radius 2 is 1.93 bits per heavy atom. The first-order chi connectivity index (χ1) is 14.4. The molecule has 1 amide bonds. The van der Waals surface area contributed by atoms with Crippen LogP contribution in [0.15, 0.2) is 39.8 Å². The predicted octanol–water partition coefficient (Wildman–Crippen LogP) is 2.10. The zero-order valence-corrected chi connectivity index (χ0v) is 17.3. The van der Waals surface area contributed by atoms with E-state index in [1.54, 1.807) is 11.0 Å². The smallest absolute Gasteiger partial charge is 0.297 e. The van der Waals surface area contributed by atoms with E-state index in [1.165, 1.54) is 10.9 Å². The molecule has 2 aromatic heterocycles. The fourth-order valence-corrected chi connectivity index (χ4v) is 6.55. The number of fused-ring (bicyclic) bond motifs is 3. The van der Waals surface area contributed by atoms with Crippen LogP contribution in [0.2, 0.25) is 0 Å². The third-order valence-electron chi connectivity index (χ3n) is 6.26. The molecular weight excluding hydrogens is 406 g/mol. The Labute approximate surface area is 173 Å². The Kier molecular flexibility index (Phi) is 4.65. The van der Waals surface area contributed by atoms with Crippen molar-refractivity contribution in [3.63, 3.8) is 0 Å². The van der Waals surface area contributed by atoms with E-state index in [0.29, 0.717) is 17.5 Å². The summed E-state index contributed by atoms with van der Waals surface area (Å²) in [7, 11) is -3.12. The van der Waals surface area contributed by atoms with Crippen molar-refractivity contribution in [2.75, 3.05) is 11.5 Å². The van der Waals surface area contributed by atoms with Gasteiger partial charge in [0.1, 0.15) is 17.6 Å². The van der Waals surface area contributed by atoms with Crippen LogP contribution in [0, 0.1) is 0 Å². The molecule has 1 unspecified atom stereocenters. The van der Waals surface area contributed by atoms with E-state index in [1.807, 2.05) is 18.2 Å². The van der Waals surface area contributed by atoms with E-state index in [2.05, 4.69) is 4.98 Å². The van der Waals surface area contributed by atoms with Gasteiger partial charge in [0.05, 0.1) is 17.8 Å². The van der Waals surface area contributed by atoms with E-state index in [4.69, 9.17) is 4.42 Å². The second-order valence-electron chi connectivity index (χ2n) is 8.25. The summed E-state index contributed by atoms with van der Waals surface area (Å²) in [6.45, 7) is -0.175. The lowest BCUT2D eigenvalue weighted by atomic mass is 10.1. The van der Waals surface area contributed by atoms with Crippen molar-refractivity contribution in [1.82, 2.24) is 14.5 Å². The zero-order chi connectivity index (χ0) is 20.9. The van der Waals surface area contributed by atoms with Crippen LogP contribution >= 0.6 is 0 Å². The van der Waals surface area contributed by atoms with Gasteiger partial charge in [-0.15, -0.1) is 0 Å². The number of hydrogen-bond acceptors (Lipinski definition) is 6. The van der Waals surface area contributed by atoms with Crippen molar-refractivity contribution < 1.29 is 17.6 Å². The number of benzene rings is 1. The molecule has 1 saturated heterocycles. The monoisotopic (exact) mass is 429 g/mol. The van der Waals surface area contributed by atoms with Gasteiger partial charge in [0, 0.05) is 17.5 Å². The van der Waals surface area contributed by atoms with Crippen LogP contribution in [-0.4, -0.2) is 52.4 Å². The standard InChI is InChI=1S/C21H23N3O5S/c25-18(24(14-5-1-2-6-14)15-9-10-30(27,28)12-15)11-23-13-22-19-16-7-3-4-8-17(16)29-20(19)21(23)26/h3-4,7-8,13-15H,1-2,5-6,9-12H2. The van der Waals surface area contributed by atoms with Crippen LogP contribution in [0.1, 0.15) is 32.1 Å². The largest absolute Gasteiger partial charge is 0.448 e. The molecule has 3 aromatic rings. The van der Waals surface area contributed by atoms with Crippen LogP contribution in [0.25, 0.3) is 22.1 Å². The second kappa shape index (κ2) is 7.23. The topological polar surface area (TPSA) is 102 Å². The first-order valence-corrected chi connectivity index (χ1v) is 12.1. The number of hydrogen-bond donors (Lipinski definition) is 0. The zero-order valence-electron chi connectivity index (χ0n) is 16.5. The second-order valence-corrected chi connectivity index (χ2v) is 10.5. The highest BCUT2D eigenvalue weighted by Crippen LogP contribution is 2.29. The Balaban J connectivity index is 1.47. The van der Waals surface area contributed by atoms with Crippen LogP contribution in [0.4, 0.5) is 0 Å². The number of carbonyl (C=O) groups excluding carboxylic acids is 1. The van der Waals surface area contributed by atoms with Gasteiger partial charge in [-0.1, -0.05) is 25.0 Å². The van der Waals surface area contributed by atoms with Crippen LogP contribution in [-0.2, 0) is 21.2 Å². The van der Waals surface area contributed by atoms with Gasteiger partial charge in [-0.25, -0.2) is 13.4 Å². The van der Waals surface area contributed by atoms with Crippen molar-refractivity contribution in [1.29, 1.82) is 0 Å². The third kappa shape index (κ3) is 3.30. The molecule has 0 N–H and O–H groups in total. The van der Waals surface area contributed by atoms with Gasteiger partial charge in [0.2, 0.25) is 11.5 Å². The fourth-order valence-electron chi connectivity index (χ4n) is 4.84. The minimum atomic E-state index is -3.12. The van der Waals surface area contributed by atoms with Crippen molar-refractivity contribution >= 4 is 37.8 Å². The van der Waals surface area contributed by atoms with Crippen LogP contribution < -0.4 is 5.56 Å². The minimum Gasteiger partial charge on any atom is -0.448 e. The Bertz CT molecular complexity index is 1290. The molecular formula is C21H23N3O5S. The molecule has 2 fully saturated rings. The molecule has 1 saturated carbocycles. The SMILES string of the molecule is O=C(Cn1cnc2c(oc3ccccc32)c1=O)N(C1CCCC1)C1CCS(=O)(=O)C1. The van der Waals surface area contributed by atoms with E-state index in [-0.39, 0.29) is 41.6 Å². The lowest BCUT2D eigenvalue weighted by Crippen LogP contribution is -2.49. The number of amides is 1. The Morgan fingerprint density at radius 3 is 2.67 bits per heavy atom. The fraction of sp³-hybridized carbons (Fsp3) is 0.476. The number of sulfone groups is 1. The van der Waals surface area contributed by atoms with E-state index in [9.17, 15) is 18.0 Å². The number of nitrogens with zero attached hydrogens (tertiary/aromatic N) is 3. The van der Waals surface area contributed by atoms with Crippen molar-refractivity contribution in [3.05, 3.63) is 40.9 Å². The maximum atomic E-state index is 13.3. The molecule has 1 atom stereocenters. The maximum absolute atomic E-state index is 13.3. The highest BCUT2D eigenvalue weighted by atomic mass is 32.2. The molecule has 158 valence electrons. The Morgan fingerprint density at radius 1 is 1.17 bits per heavy atom. The summed E-state index contributed by atoms with van der Waals surface area (Å²) in [4.78, 5) is 32.3. The number of carbonyl (C=O) groups is 1. The molecule has 1 aliphatic heterocycles. The van der Waals surface area contributed by atoms with E-state index >= 15 is 0 Å². The highest BCUT2D eigenvalue weighted by Gasteiger charge is 2.39. The van der Waals surface area contributed by atoms with Gasteiger partial charge in [-0.3, -0.25) is 14.2 Å². The van der Waals surface area contributed by atoms with Crippen molar-refractivity contribution in [2.24, 2.45) is 0 Å². The third-order valence-corrected chi connectivity index (χ3v) is 8.01. The number of para-hydroxylation sites is 1. The van der Waals surface area contributed by atoms with Crippen molar-refractivity contribution in [2.45, 2.75) is 50.7 Å². The summed E-state index contributed by atoms with van der Waals surface area (Å²) in [6, 6.07) is 7.00.